The Morgan fingerprint density at radius 1 is 1.14 bits per heavy atom. The number of carbonyl (C=O) groups excluding carboxylic acids is 1. The molecule has 2 N–H and O–H groups in total. The molecule has 4 rings (SSSR count). The molecule has 2 fully saturated rings. The van der Waals surface area contributed by atoms with Gasteiger partial charge in [-0.2, -0.15) is 0 Å². The molecule has 2 saturated heterocycles. The lowest BCUT2D eigenvalue weighted by Gasteiger charge is -2.47. The Hall–Kier alpha value is -1.42. The first-order chi connectivity index (χ1) is 14.0. The van der Waals surface area contributed by atoms with Crippen LogP contribution in [-0.2, 0) is 19.0 Å². The summed E-state index contributed by atoms with van der Waals surface area (Å²) in [6.07, 6.45) is -2.54. The highest BCUT2D eigenvalue weighted by atomic mass is 79.9. The first-order valence-corrected chi connectivity index (χ1v) is 11.0. The van der Waals surface area contributed by atoms with Gasteiger partial charge in [0.2, 0.25) is 5.91 Å². The van der Waals surface area contributed by atoms with Crippen molar-refractivity contribution in [3.05, 3.63) is 64.6 Å². The van der Waals surface area contributed by atoms with Crippen LogP contribution in [0.1, 0.15) is 18.8 Å². The quantitative estimate of drug-likeness (QED) is 0.700. The summed E-state index contributed by atoms with van der Waals surface area (Å²) in [4.78, 5) is 12.8. The normalized spacial score (nSPS) is 31.7. The Balaban J connectivity index is 1.53. The van der Waals surface area contributed by atoms with Crippen molar-refractivity contribution in [2.45, 2.75) is 47.9 Å². The van der Waals surface area contributed by atoms with E-state index in [1.54, 1.807) is 0 Å². The number of ether oxygens (including phenoxy) is 3. The van der Waals surface area contributed by atoms with E-state index in [1.165, 1.54) is 18.7 Å². The number of benzene rings is 2. The molecule has 6 nitrogen and oxygen atoms in total. The van der Waals surface area contributed by atoms with Gasteiger partial charge in [-0.15, -0.1) is 0 Å². The third kappa shape index (κ3) is 4.84. The topological polar surface area (TPSA) is 77.0 Å². The molecule has 154 valence electrons. The molecule has 8 heteroatoms. The molecule has 0 saturated carbocycles. The maximum atomic E-state index is 11.8. The molecule has 0 radical (unpaired) electrons. The van der Waals surface area contributed by atoms with Crippen molar-refractivity contribution in [1.82, 2.24) is 5.32 Å². The molecule has 0 bridgehead atoms. The van der Waals surface area contributed by atoms with E-state index < -0.39 is 36.1 Å². The molecule has 2 aromatic rings. The molecular weight excluding hydrogens is 458 g/mol. The van der Waals surface area contributed by atoms with Gasteiger partial charge in [0.05, 0.1) is 12.6 Å². The number of hydrogen-bond donors (Lipinski definition) is 2. The van der Waals surface area contributed by atoms with Crippen LogP contribution < -0.4 is 5.32 Å². The van der Waals surface area contributed by atoms with Crippen molar-refractivity contribution < 1.29 is 24.1 Å². The Morgan fingerprint density at radius 3 is 2.55 bits per heavy atom. The molecule has 29 heavy (non-hydrogen) atoms. The Morgan fingerprint density at radius 2 is 1.86 bits per heavy atom. The summed E-state index contributed by atoms with van der Waals surface area (Å²) < 4.78 is 19.1. The fourth-order valence-corrected chi connectivity index (χ4v) is 4.91. The summed E-state index contributed by atoms with van der Waals surface area (Å²) in [7, 11) is 0. The van der Waals surface area contributed by atoms with Crippen LogP contribution in [0.5, 0.6) is 0 Å². The van der Waals surface area contributed by atoms with Gasteiger partial charge >= 0.3 is 0 Å². The third-order valence-corrected chi connectivity index (χ3v) is 6.58. The smallest absolute Gasteiger partial charge is 0.217 e. The first-order valence-electron chi connectivity index (χ1n) is 9.36. The van der Waals surface area contributed by atoms with Gasteiger partial charge in [-0.3, -0.25) is 4.79 Å². The van der Waals surface area contributed by atoms with E-state index in [1.807, 2.05) is 54.6 Å². The van der Waals surface area contributed by atoms with Crippen LogP contribution in [0.15, 0.2) is 64.0 Å². The highest BCUT2D eigenvalue weighted by Crippen LogP contribution is 2.39. The first kappa shape index (κ1) is 20.8. The molecule has 6 atom stereocenters. The monoisotopic (exact) mass is 479 g/mol. The largest absolute Gasteiger partial charge is 0.388 e. The van der Waals surface area contributed by atoms with Crippen molar-refractivity contribution in [3.8, 4) is 0 Å². The van der Waals surface area contributed by atoms with Gasteiger partial charge < -0.3 is 24.6 Å². The number of fused-ring (bicyclic) bond motifs is 1. The molecular formula is C21H22BrNO5S. The zero-order chi connectivity index (χ0) is 20.4. The molecule has 0 spiro atoms. The van der Waals surface area contributed by atoms with Crippen molar-refractivity contribution in [2.24, 2.45) is 0 Å². The van der Waals surface area contributed by atoms with Crippen molar-refractivity contribution in [3.63, 3.8) is 0 Å². The average Bonchev–Trinajstić information content (AvgIpc) is 2.73. The zero-order valence-electron chi connectivity index (χ0n) is 15.7. The van der Waals surface area contributed by atoms with Crippen molar-refractivity contribution in [2.75, 3.05) is 6.61 Å². The van der Waals surface area contributed by atoms with E-state index in [0.29, 0.717) is 6.61 Å². The van der Waals surface area contributed by atoms with Crippen LogP contribution in [0.4, 0.5) is 0 Å². The lowest BCUT2D eigenvalue weighted by molar-refractivity contribution is -0.306. The van der Waals surface area contributed by atoms with Gasteiger partial charge in [-0.25, -0.2) is 0 Å². The van der Waals surface area contributed by atoms with Gasteiger partial charge in [0, 0.05) is 21.9 Å². The molecule has 0 aliphatic carbocycles. The third-order valence-electron chi connectivity index (χ3n) is 4.87. The second-order valence-corrected chi connectivity index (χ2v) is 9.10. The Kier molecular flexibility index (Phi) is 6.58. The standard InChI is InChI=1S/C21H22BrNO5S/c1-12(24)23-17-18(25)19-16(11-26-20(28-19)13-5-3-2-4-6-13)27-21(17)29-15-9-7-14(22)8-10-15/h2-10,16-21,25H,11H2,1H3,(H,23,24). The van der Waals surface area contributed by atoms with E-state index in [-0.39, 0.29) is 5.91 Å². The average molecular weight is 480 g/mol. The minimum absolute atomic E-state index is 0.232. The maximum Gasteiger partial charge on any atom is 0.217 e. The molecule has 0 aromatic heterocycles. The van der Waals surface area contributed by atoms with Crippen LogP contribution in [0.3, 0.4) is 0 Å². The number of rotatable bonds is 4. The van der Waals surface area contributed by atoms with Crippen molar-refractivity contribution >= 4 is 33.6 Å². The SMILES string of the molecule is CC(=O)NC1C(Sc2ccc(Br)cc2)OC2COC(c3ccccc3)OC2C1O. The molecule has 2 heterocycles. The van der Waals surface area contributed by atoms with Crippen molar-refractivity contribution in [1.29, 1.82) is 0 Å². The van der Waals surface area contributed by atoms with Crippen LogP contribution in [0.25, 0.3) is 0 Å². The number of hydrogen-bond acceptors (Lipinski definition) is 6. The number of nitrogens with one attached hydrogen (secondary N) is 1. The minimum atomic E-state index is -0.930. The number of thioether (sulfide) groups is 1. The van der Waals surface area contributed by atoms with Gasteiger partial charge in [0.1, 0.15) is 23.7 Å². The number of carbonyl (C=O) groups is 1. The highest BCUT2D eigenvalue weighted by Gasteiger charge is 2.49. The van der Waals surface area contributed by atoms with E-state index in [4.69, 9.17) is 14.2 Å². The van der Waals surface area contributed by atoms with E-state index >= 15 is 0 Å². The Labute approximate surface area is 182 Å². The summed E-state index contributed by atoms with van der Waals surface area (Å²) >= 11 is 4.88. The Bertz CT molecular complexity index is 837. The molecule has 1 amide bonds. The summed E-state index contributed by atoms with van der Waals surface area (Å²) in [6.45, 7) is 1.73. The van der Waals surface area contributed by atoms with E-state index in [2.05, 4.69) is 21.2 Å². The predicted molar refractivity (Wildman–Crippen MR) is 112 cm³/mol. The second kappa shape index (κ2) is 9.16. The van der Waals surface area contributed by atoms with Gasteiger partial charge in [-0.1, -0.05) is 58.0 Å². The van der Waals surface area contributed by atoms with E-state index in [9.17, 15) is 9.90 Å². The highest BCUT2D eigenvalue weighted by molar-refractivity contribution is 9.10. The lowest BCUT2D eigenvalue weighted by Crippen LogP contribution is -2.65. The van der Waals surface area contributed by atoms with Crippen LogP contribution in [0.2, 0.25) is 0 Å². The van der Waals surface area contributed by atoms with Gasteiger partial charge in [-0.05, 0) is 24.3 Å². The zero-order valence-corrected chi connectivity index (χ0v) is 18.1. The molecule has 2 aromatic carbocycles. The maximum absolute atomic E-state index is 11.8. The number of halogens is 1. The number of aliphatic hydroxyl groups excluding tert-OH is 1. The van der Waals surface area contributed by atoms with Crippen LogP contribution in [-0.4, -0.2) is 47.4 Å². The summed E-state index contributed by atoms with van der Waals surface area (Å²) in [5, 5.41) is 13.9. The number of aliphatic hydroxyl groups is 1. The van der Waals surface area contributed by atoms with Crippen LogP contribution in [0, 0.1) is 0 Å². The molecule has 6 unspecified atom stereocenters. The predicted octanol–water partition coefficient (Wildman–Crippen LogP) is 3.25. The fourth-order valence-electron chi connectivity index (χ4n) is 3.51. The van der Waals surface area contributed by atoms with Crippen LogP contribution >= 0.6 is 27.7 Å². The molecule has 2 aliphatic rings. The summed E-state index contributed by atoms with van der Waals surface area (Å²) in [6, 6.07) is 16.8. The fraction of sp³-hybridized carbons (Fsp3) is 0.381. The number of amides is 1. The molecule has 2 aliphatic heterocycles. The van der Waals surface area contributed by atoms with Gasteiger partial charge in [0.25, 0.3) is 0 Å². The minimum Gasteiger partial charge on any atom is -0.388 e. The second-order valence-electron chi connectivity index (χ2n) is 7.01. The summed E-state index contributed by atoms with van der Waals surface area (Å²) in [5.74, 6) is -0.232. The van der Waals surface area contributed by atoms with Gasteiger partial charge in [0.15, 0.2) is 6.29 Å². The van der Waals surface area contributed by atoms with E-state index in [0.717, 1.165) is 14.9 Å². The summed E-state index contributed by atoms with van der Waals surface area (Å²) in [5.41, 5.74) is 0.400. The lowest BCUT2D eigenvalue weighted by atomic mass is 9.96.